The molecule has 14 heavy (non-hydrogen) atoms. The number of benzene rings is 1. The number of hydrogen-bond donors (Lipinski definition) is 0. The second kappa shape index (κ2) is 4.23. The molecule has 1 aliphatic heterocycles. The van der Waals surface area contributed by atoms with Crippen LogP contribution in [0.25, 0.3) is 0 Å². The minimum absolute atomic E-state index is 1.17. The van der Waals surface area contributed by atoms with Crippen molar-refractivity contribution in [3.8, 4) is 0 Å². The Balaban J connectivity index is 2.11. The van der Waals surface area contributed by atoms with Gasteiger partial charge >= 0.3 is 0 Å². The van der Waals surface area contributed by atoms with Gasteiger partial charge in [0.25, 0.3) is 0 Å². The molecule has 1 aromatic carbocycles. The Hall–Kier alpha value is -1.37. The normalized spacial score (nSPS) is 13.6. The molecule has 1 aromatic rings. The monoisotopic (exact) mass is 200 g/mol. The Bertz CT molecular complexity index is 399. The van der Waals surface area contributed by atoms with Crippen LogP contribution < -0.4 is 0 Å². The highest BCUT2D eigenvalue weighted by Crippen LogP contribution is 2.27. The fourth-order valence-electron chi connectivity index (χ4n) is 1.11. The lowest BCUT2D eigenvalue weighted by Gasteiger charge is -1.97. The van der Waals surface area contributed by atoms with Crippen molar-refractivity contribution >= 4 is 18.0 Å². The van der Waals surface area contributed by atoms with Gasteiger partial charge in [0, 0.05) is 4.90 Å². The van der Waals surface area contributed by atoms with E-state index in [1.54, 1.807) is 18.0 Å². The van der Waals surface area contributed by atoms with Crippen molar-refractivity contribution in [1.29, 1.82) is 0 Å². The van der Waals surface area contributed by atoms with E-state index in [2.05, 4.69) is 42.4 Å². The average Bonchev–Trinajstić information content (AvgIpc) is 2.23. The van der Waals surface area contributed by atoms with Crippen LogP contribution in [-0.4, -0.2) is 6.21 Å². The first-order valence-electron chi connectivity index (χ1n) is 4.41. The summed E-state index contributed by atoms with van der Waals surface area (Å²) in [5, 5.41) is 0. The molecule has 0 amide bonds. The van der Waals surface area contributed by atoms with Crippen LogP contribution >= 0.6 is 11.8 Å². The van der Waals surface area contributed by atoms with E-state index in [0.717, 1.165) is 0 Å². The van der Waals surface area contributed by atoms with Crippen molar-refractivity contribution in [2.24, 2.45) is 4.99 Å². The van der Waals surface area contributed by atoms with Crippen LogP contribution in [-0.2, 0) is 0 Å². The Morgan fingerprint density at radius 2 is 2.00 bits per heavy atom. The number of rotatable bonds is 2. The molecule has 68 valence electrons. The lowest BCUT2D eigenvalue weighted by atomic mass is 10.2. The van der Waals surface area contributed by atoms with Crippen LogP contribution in [0.4, 0.5) is 0 Å². The summed E-state index contributed by atoms with van der Waals surface area (Å²) < 4.78 is 0. The second-order valence-electron chi connectivity index (χ2n) is 3.04. The van der Waals surface area contributed by atoms with Crippen molar-refractivity contribution in [3.05, 3.63) is 53.1 Å². The van der Waals surface area contributed by atoms with Crippen LogP contribution in [0.5, 0.6) is 0 Å². The highest BCUT2D eigenvalue weighted by atomic mass is 32.2. The largest absolute Gasteiger partial charge is 0.157 e. The highest BCUT2D eigenvalue weighted by Gasteiger charge is 2.06. The Morgan fingerprint density at radius 3 is 2.64 bits per heavy atom. The number of hydrogen-bond acceptors (Lipinski definition) is 2. The summed E-state index contributed by atoms with van der Waals surface area (Å²) in [7, 11) is 0. The molecule has 0 unspecified atom stereocenters. The van der Waals surface area contributed by atoms with Crippen LogP contribution in [0, 0.1) is 6.92 Å². The van der Waals surface area contributed by atoms with E-state index in [1.807, 2.05) is 12.2 Å². The Morgan fingerprint density at radius 1 is 1.21 bits per heavy atom. The van der Waals surface area contributed by atoms with E-state index in [9.17, 15) is 0 Å². The number of aryl methyl sites for hydroxylation is 1. The van der Waals surface area contributed by atoms with Gasteiger partial charge in [0.15, 0.2) is 6.21 Å². The molecule has 0 atom stereocenters. The number of allylic oxidation sites excluding steroid dienone is 2. The molecular weight excluding hydrogens is 190 g/mol. The van der Waals surface area contributed by atoms with Gasteiger partial charge in [0.1, 0.15) is 17.2 Å². The van der Waals surface area contributed by atoms with Gasteiger partial charge in [-0.25, -0.2) is 0 Å². The van der Waals surface area contributed by atoms with E-state index in [1.165, 1.54) is 15.4 Å². The third-order valence-electron chi connectivity index (χ3n) is 1.85. The van der Waals surface area contributed by atoms with E-state index in [0.29, 0.717) is 0 Å². The molecule has 0 N–H and O–H groups in total. The standard InChI is InChI=1S/C12H10NS/c1-10-2-4-11(5-3-10)14-12-6-8-13-9-7-12/h2-8H,1H3/q+1. The zero-order valence-corrected chi connectivity index (χ0v) is 8.71. The van der Waals surface area contributed by atoms with Gasteiger partial charge in [-0.1, -0.05) is 22.7 Å². The van der Waals surface area contributed by atoms with Crippen LogP contribution in [0.2, 0.25) is 0 Å². The zero-order valence-electron chi connectivity index (χ0n) is 7.90. The molecule has 1 heterocycles. The number of aliphatic imine (C=N–C) groups is 1. The average molecular weight is 200 g/mol. The minimum atomic E-state index is 1.17. The predicted molar refractivity (Wildman–Crippen MR) is 61.7 cm³/mol. The summed E-state index contributed by atoms with van der Waals surface area (Å²) in [6, 6.07) is 8.49. The Labute approximate surface area is 88.3 Å². The maximum Gasteiger partial charge on any atom is 0.157 e. The molecular formula is C12H10NS+. The molecule has 0 fully saturated rings. The van der Waals surface area contributed by atoms with Crippen LogP contribution in [0.1, 0.15) is 5.56 Å². The molecule has 0 aromatic heterocycles. The lowest BCUT2D eigenvalue weighted by molar-refractivity contribution is 1.38. The third kappa shape index (κ3) is 2.32. The Kier molecular flexibility index (Phi) is 2.78. The molecule has 1 nitrogen and oxygen atoms in total. The van der Waals surface area contributed by atoms with Gasteiger partial charge in [0.2, 0.25) is 0 Å². The van der Waals surface area contributed by atoms with Crippen molar-refractivity contribution in [2.45, 2.75) is 11.8 Å². The first-order chi connectivity index (χ1) is 6.84. The van der Waals surface area contributed by atoms with Gasteiger partial charge in [-0.3, -0.25) is 0 Å². The fraction of sp³-hybridized carbons (Fsp3) is 0.0833. The maximum absolute atomic E-state index is 3.86. The fourth-order valence-corrected chi connectivity index (χ4v) is 1.89. The summed E-state index contributed by atoms with van der Waals surface area (Å²) in [6.07, 6.45) is 8.46. The van der Waals surface area contributed by atoms with Gasteiger partial charge in [0.05, 0.1) is 6.08 Å². The molecule has 0 aliphatic carbocycles. The van der Waals surface area contributed by atoms with E-state index in [4.69, 9.17) is 0 Å². The molecule has 0 bridgehead atoms. The molecule has 1 aliphatic rings. The van der Waals surface area contributed by atoms with Crippen molar-refractivity contribution in [1.82, 2.24) is 0 Å². The summed E-state index contributed by atoms with van der Waals surface area (Å²) in [6.45, 7) is 2.09. The molecule has 2 heteroatoms. The van der Waals surface area contributed by atoms with Gasteiger partial charge in [-0.05, 0) is 30.8 Å². The molecule has 0 radical (unpaired) electrons. The summed E-state index contributed by atoms with van der Waals surface area (Å²) in [4.78, 5) is 6.28. The molecule has 2 rings (SSSR count). The first kappa shape index (κ1) is 9.20. The molecule has 0 saturated carbocycles. The van der Waals surface area contributed by atoms with Crippen LogP contribution in [0.3, 0.4) is 0 Å². The topological polar surface area (TPSA) is 12.4 Å². The van der Waals surface area contributed by atoms with Crippen molar-refractivity contribution in [2.75, 3.05) is 0 Å². The van der Waals surface area contributed by atoms with Gasteiger partial charge in [-0.2, -0.15) is 0 Å². The summed E-state index contributed by atoms with van der Waals surface area (Å²) >= 11 is 1.73. The quantitative estimate of drug-likeness (QED) is 0.666. The second-order valence-corrected chi connectivity index (χ2v) is 4.18. The molecule has 0 saturated heterocycles. The van der Waals surface area contributed by atoms with Crippen molar-refractivity contribution in [3.63, 3.8) is 0 Å². The first-order valence-corrected chi connectivity index (χ1v) is 5.23. The van der Waals surface area contributed by atoms with Crippen molar-refractivity contribution < 1.29 is 0 Å². The zero-order chi connectivity index (χ0) is 9.80. The van der Waals surface area contributed by atoms with Gasteiger partial charge in [-0.15, -0.1) is 0 Å². The molecule has 0 spiro atoms. The third-order valence-corrected chi connectivity index (χ3v) is 2.85. The minimum Gasteiger partial charge on any atom is -0.0742 e. The summed E-state index contributed by atoms with van der Waals surface area (Å²) in [5.74, 6) is 0. The van der Waals surface area contributed by atoms with E-state index >= 15 is 0 Å². The summed E-state index contributed by atoms with van der Waals surface area (Å²) in [5.41, 5.74) is 1.29. The number of nitrogens with zero attached hydrogens (tertiary/aromatic N) is 1. The van der Waals surface area contributed by atoms with Gasteiger partial charge < -0.3 is 0 Å². The van der Waals surface area contributed by atoms with Crippen LogP contribution in [0.15, 0.2) is 57.4 Å². The SMILES string of the molecule is Cc1ccc(SC2=C[C+]=NC=C2)cc1. The number of thioether (sulfide) groups is 1. The highest BCUT2D eigenvalue weighted by molar-refractivity contribution is 8.03. The van der Waals surface area contributed by atoms with E-state index in [-0.39, 0.29) is 0 Å². The van der Waals surface area contributed by atoms with E-state index < -0.39 is 0 Å². The predicted octanol–water partition coefficient (Wildman–Crippen LogP) is 3.45. The lowest BCUT2D eigenvalue weighted by Crippen LogP contribution is -1.79. The maximum atomic E-state index is 3.86. The smallest absolute Gasteiger partial charge is 0.0742 e.